The summed E-state index contributed by atoms with van der Waals surface area (Å²) < 4.78 is 70.9. The minimum absolute atomic E-state index is 0.0362. The zero-order valence-electron chi connectivity index (χ0n) is 22.4. The van der Waals surface area contributed by atoms with E-state index >= 15 is 0 Å². The molecule has 3 heterocycles. The molecular weight excluding hydrogens is 580 g/mol. The molecule has 0 unspecified atom stereocenters. The lowest BCUT2D eigenvalue weighted by Crippen LogP contribution is -2.26. The van der Waals surface area contributed by atoms with E-state index in [2.05, 4.69) is 20.5 Å². The molecule has 0 spiro atoms. The van der Waals surface area contributed by atoms with E-state index in [0.29, 0.717) is 23.4 Å². The number of benzene rings is 1. The first-order chi connectivity index (χ1) is 19.9. The molecule has 42 heavy (non-hydrogen) atoms. The van der Waals surface area contributed by atoms with Crippen molar-refractivity contribution in [3.05, 3.63) is 111 Å². The highest BCUT2D eigenvalue weighted by Gasteiger charge is 2.21. The smallest absolute Gasteiger partial charge is 0.394 e. The molecule has 1 amide bonds. The highest BCUT2D eigenvalue weighted by molar-refractivity contribution is 7.79. The summed E-state index contributed by atoms with van der Waals surface area (Å²) in [6.45, 7) is 0.181. The lowest BCUT2D eigenvalue weighted by molar-refractivity contribution is 0.0944. The molecule has 0 radical (unpaired) electrons. The molecule has 13 nitrogen and oxygen atoms in total. The highest BCUT2D eigenvalue weighted by atomic mass is 32.3. The summed E-state index contributed by atoms with van der Waals surface area (Å²) in [5.74, 6) is -1.55. The first-order valence-corrected chi connectivity index (χ1v) is 13.4. The second kappa shape index (κ2) is 14.4. The van der Waals surface area contributed by atoms with E-state index in [1.165, 1.54) is 37.1 Å². The molecule has 0 aliphatic carbocycles. The van der Waals surface area contributed by atoms with Crippen LogP contribution in [0.25, 0.3) is 0 Å². The number of carbonyl (C=O) groups excluding carboxylic acids is 1. The van der Waals surface area contributed by atoms with Crippen LogP contribution in [0.3, 0.4) is 0 Å². The van der Waals surface area contributed by atoms with E-state index in [4.69, 9.17) is 27.0 Å². The van der Waals surface area contributed by atoms with Crippen LogP contribution in [0.1, 0.15) is 38.6 Å². The Kier molecular flexibility index (Phi) is 11.0. The van der Waals surface area contributed by atoms with Gasteiger partial charge in [0.15, 0.2) is 11.6 Å². The van der Waals surface area contributed by atoms with Crippen LogP contribution in [0, 0.1) is 11.6 Å². The van der Waals surface area contributed by atoms with Gasteiger partial charge < -0.3 is 19.4 Å². The molecule has 0 saturated carbocycles. The van der Waals surface area contributed by atoms with Crippen LogP contribution in [0.2, 0.25) is 0 Å². The zero-order chi connectivity index (χ0) is 30.9. The summed E-state index contributed by atoms with van der Waals surface area (Å²) in [4.78, 5) is 29.0. The first kappa shape index (κ1) is 32.0. The Bertz CT molecular complexity index is 1680. The van der Waals surface area contributed by atoms with Gasteiger partial charge in [0.1, 0.15) is 11.5 Å². The van der Waals surface area contributed by atoms with Gasteiger partial charge in [-0.05, 0) is 17.2 Å². The number of H-pyrrole nitrogens is 1. The number of amides is 1. The van der Waals surface area contributed by atoms with E-state index in [0.717, 1.165) is 23.4 Å². The number of hydrogen-bond acceptors (Lipinski definition) is 8. The van der Waals surface area contributed by atoms with Gasteiger partial charge in [0.05, 0.1) is 43.8 Å². The molecule has 3 aromatic heterocycles. The maximum atomic E-state index is 14.4. The molecule has 0 aliphatic heterocycles. The summed E-state index contributed by atoms with van der Waals surface area (Å²) in [6, 6.07) is 11.1. The Balaban J connectivity index is 0.000000892. The number of nitrogens with zero attached hydrogens (tertiary/aromatic N) is 3. The number of hydrogen-bond donors (Lipinski definition) is 4. The lowest BCUT2D eigenvalue weighted by atomic mass is 10.0. The van der Waals surface area contributed by atoms with E-state index in [1.54, 1.807) is 0 Å². The fourth-order valence-corrected chi connectivity index (χ4v) is 3.85. The summed E-state index contributed by atoms with van der Waals surface area (Å²) in [5.41, 5.74) is 2.70. The molecule has 4 N–H and O–H groups in total. The molecular formula is C26H27F2N5O8S. The molecule has 4 aromatic rings. The standard InChI is InChI=1S/C26H25F2N5O4.H2O4S/c1-36-15-21-24(26(35)30-12-20-25(28)22(37-2)9-10-29-20)19(31-32-21)11-16-3-5-17(6-4-16)13-33-14-18(27)7-8-23(33)34;1-5(2,3)4/h3-10,14H,11-13,15H2,1-2H3,(H,30,35)(H,31,32);(H2,1,2,3,4). The Morgan fingerprint density at radius 2 is 1.71 bits per heavy atom. The van der Waals surface area contributed by atoms with Gasteiger partial charge in [0.25, 0.3) is 11.5 Å². The van der Waals surface area contributed by atoms with Crippen LogP contribution >= 0.6 is 0 Å². The van der Waals surface area contributed by atoms with Crippen molar-refractivity contribution in [3.8, 4) is 5.75 Å². The molecule has 16 heteroatoms. The largest absolute Gasteiger partial charge is 0.494 e. The third-order valence-corrected chi connectivity index (χ3v) is 5.69. The van der Waals surface area contributed by atoms with Gasteiger partial charge in [-0.1, -0.05) is 24.3 Å². The Morgan fingerprint density at radius 1 is 1.05 bits per heavy atom. The number of rotatable bonds is 10. The highest BCUT2D eigenvalue weighted by Crippen LogP contribution is 2.20. The minimum Gasteiger partial charge on any atom is -0.494 e. The third kappa shape index (κ3) is 9.27. The van der Waals surface area contributed by atoms with Gasteiger partial charge in [-0.25, -0.2) is 8.78 Å². The SMILES string of the molecule is COCc1n[nH]c(Cc2ccc(Cn3cc(F)ccc3=O)cc2)c1C(=O)NCc1nccc(OC)c1F.O=S(=O)(O)O. The molecule has 4 rings (SSSR count). The Morgan fingerprint density at radius 3 is 2.36 bits per heavy atom. The van der Waals surface area contributed by atoms with Crippen molar-refractivity contribution < 1.29 is 40.6 Å². The van der Waals surface area contributed by atoms with Crippen molar-refractivity contribution in [2.75, 3.05) is 14.2 Å². The first-order valence-electron chi connectivity index (χ1n) is 12.0. The van der Waals surface area contributed by atoms with Gasteiger partial charge in [0, 0.05) is 38.1 Å². The summed E-state index contributed by atoms with van der Waals surface area (Å²) in [5, 5.41) is 9.81. The molecule has 0 bridgehead atoms. The fourth-order valence-electron chi connectivity index (χ4n) is 3.85. The van der Waals surface area contributed by atoms with E-state index in [1.807, 2.05) is 24.3 Å². The quantitative estimate of drug-likeness (QED) is 0.195. The third-order valence-electron chi connectivity index (χ3n) is 5.69. The minimum atomic E-state index is -4.67. The van der Waals surface area contributed by atoms with Crippen LogP contribution in [0.5, 0.6) is 5.75 Å². The monoisotopic (exact) mass is 607 g/mol. The van der Waals surface area contributed by atoms with E-state index in [-0.39, 0.29) is 36.7 Å². The number of aromatic amines is 1. The maximum absolute atomic E-state index is 14.4. The Hall–Kier alpha value is -4.51. The zero-order valence-corrected chi connectivity index (χ0v) is 23.2. The van der Waals surface area contributed by atoms with Gasteiger partial charge in [-0.15, -0.1) is 0 Å². The normalized spacial score (nSPS) is 11.0. The maximum Gasteiger partial charge on any atom is 0.394 e. The number of carbonyl (C=O) groups is 1. The van der Waals surface area contributed by atoms with Crippen molar-refractivity contribution in [3.63, 3.8) is 0 Å². The average molecular weight is 608 g/mol. The second-order valence-electron chi connectivity index (χ2n) is 8.67. The number of ether oxygens (including phenoxy) is 2. The van der Waals surface area contributed by atoms with E-state index < -0.39 is 27.9 Å². The van der Waals surface area contributed by atoms with Gasteiger partial charge >= 0.3 is 10.4 Å². The number of pyridine rings is 2. The van der Waals surface area contributed by atoms with Crippen LogP contribution in [0.15, 0.2) is 59.7 Å². The molecule has 0 atom stereocenters. The average Bonchev–Trinajstić information content (AvgIpc) is 3.32. The second-order valence-corrected chi connectivity index (χ2v) is 9.56. The van der Waals surface area contributed by atoms with Crippen LogP contribution < -0.4 is 15.6 Å². The lowest BCUT2D eigenvalue weighted by Gasteiger charge is -2.10. The van der Waals surface area contributed by atoms with Crippen LogP contribution in [-0.4, -0.2) is 57.4 Å². The molecule has 0 fully saturated rings. The van der Waals surface area contributed by atoms with Gasteiger partial charge in [-0.3, -0.25) is 28.8 Å². The van der Waals surface area contributed by atoms with E-state index in [9.17, 15) is 18.4 Å². The molecule has 0 aliphatic rings. The fraction of sp³-hybridized carbons (Fsp3) is 0.231. The summed E-state index contributed by atoms with van der Waals surface area (Å²) >= 11 is 0. The predicted molar refractivity (Wildman–Crippen MR) is 144 cm³/mol. The van der Waals surface area contributed by atoms with Crippen molar-refractivity contribution >= 4 is 16.3 Å². The Labute approximate surface area is 238 Å². The van der Waals surface area contributed by atoms with Crippen molar-refractivity contribution in [2.45, 2.75) is 26.1 Å². The van der Waals surface area contributed by atoms with Crippen LogP contribution in [0.4, 0.5) is 8.78 Å². The van der Waals surface area contributed by atoms with Crippen molar-refractivity contribution in [1.82, 2.24) is 25.1 Å². The number of aromatic nitrogens is 4. The number of halogens is 2. The van der Waals surface area contributed by atoms with Crippen LogP contribution in [-0.2, 0) is 41.3 Å². The molecule has 1 aromatic carbocycles. The summed E-state index contributed by atoms with van der Waals surface area (Å²) in [6.07, 6.45) is 2.92. The predicted octanol–water partition coefficient (Wildman–Crippen LogP) is 2.32. The topological polar surface area (TPSA) is 186 Å². The van der Waals surface area contributed by atoms with Crippen molar-refractivity contribution in [1.29, 1.82) is 0 Å². The molecule has 0 saturated heterocycles. The van der Waals surface area contributed by atoms with Gasteiger partial charge in [-0.2, -0.15) is 13.5 Å². The number of nitrogens with one attached hydrogen (secondary N) is 2. The van der Waals surface area contributed by atoms with Gasteiger partial charge in [0.2, 0.25) is 0 Å². The number of methoxy groups -OCH3 is 2. The van der Waals surface area contributed by atoms with Crippen molar-refractivity contribution in [2.24, 2.45) is 0 Å². The summed E-state index contributed by atoms with van der Waals surface area (Å²) in [7, 11) is -1.82. The molecule has 224 valence electrons.